The van der Waals surface area contributed by atoms with E-state index in [1.165, 1.54) is 11.1 Å². The van der Waals surface area contributed by atoms with Crippen molar-refractivity contribution in [3.8, 4) is 0 Å². The predicted octanol–water partition coefficient (Wildman–Crippen LogP) is 10.6. The third kappa shape index (κ3) is 12.4. The van der Waals surface area contributed by atoms with Crippen LogP contribution in [0.5, 0.6) is 0 Å². The Morgan fingerprint density at radius 1 is 0.411 bits per heavy atom. The minimum absolute atomic E-state index is 0.320. The molecule has 0 spiro atoms. The highest BCUT2D eigenvalue weighted by molar-refractivity contribution is 6.05. The molecular weight excluding hydrogens is 697 g/mol. The van der Waals surface area contributed by atoms with Gasteiger partial charge in [-0.1, -0.05) is 102 Å². The van der Waals surface area contributed by atoms with Gasteiger partial charge in [-0.3, -0.25) is 19.2 Å². The maximum absolute atomic E-state index is 14.5. The van der Waals surface area contributed by atoms with Crippen LogP contribution in [0.2, 0.25) is 0 Å². The minimum atomic E-state index is -1.19. The Morgan fingerprint density at radius 3 is 0.893 bits per heavy atom. The van der Waals surface area contributed by atoms with E-state index < -0.39 is 35.5 Å². The van der Waals surface area contributed by atoms with E-state index >= 15 is 0 Å². The lowest BCUT2D eigenvalue weighted by atomic mass is 9.84. The van der Waals surface area contributed by atoms with Gasteiger partial charge in [-0.2, -0.15) is 0 Å². The highest BCUT2D eigenvalue weighted by Gasteiger charge is 2.38. The lowest BCUT2D eigenvalue weighted by Crippen LogP contribution is -2.41. The third-order valence-corrected chi connectivity index (χ3v) is 10.4. The lowest BCUT2D eigenvalue weighted by molar-refractivity contribution is -0.134. The smallest absolute Gasteiger partial charge is 0.228 e. The monoisotopic (exact) mass is 758 g/mol. The summed E-state index contributed by atoms with van der Waals surface area (Å²) in [6, 6.07) is 23.6. The highest BCUT2D eigenvalue weighted by atomic mass is 16.2. The average molecular weight is 759 g/mol. The number of aryl methyl sites for hydroxylation is 8. The van der Waals surface area contributed by atoms with Crippen LogP contribution in [0, 0.1) is 39.5 Å². The van der Waals surface area contributed by atoms with Crippen LogP contribution in [0.15, 0.2) is 72.8 Å². The van der Waals surface area contributed by atoms with Crippen molar-refractivity contribution in [3.63, 3.8) is 0 Å². The van der Waals surface area contributed by atoms with Gasteiger partial charge in [0, 0.05) is 35.6 Å². The van der Waals surface area contributed by atoms with Gasteiger partial charge in [-0.25, -0.2) is 0 Å². The number of carbonyl (C=O) groups is 4. The van der Waals surface area contributed by atoms with Crippen LogP contribution in [0.4, 0.5) is 22.7 Å². The summed E-state index contributed by atoms with van der Waals surface area (Å²) in [6.45, 7) is 16.2. The fourth-order valence-electron chi connectivity index (χ4n) is 7.33. The Labute approximate surface area is 334 Å². The molecule has 4 N–H and O–H groups in total. The van der Waals surface area contributed by atoms with Gasteiger partial charge in [-0.15, -0.1) is 0 Å². The van der Waals surface area contributed by atoms with E-state index in [-0.39, 0.29) is 12.8 Å². The van der Waals surface area contributed by atoms with Gasteiger partial charge in [0.15, 0.2) is 0 Å². The Kier molecular flexibility index (Phi) is 16.4. The van der Waals surface area contributed by atoms with Crippen LogP contribution < -0.4 is 21.3 Å². The van der Waals surface area contributed by atoms with Gasteiger partial charge in [0.25, 0.3) is 0 Å². The van der Waals surface area contributed by atoms with Crippen molar-refractivity contribution in [2.75, 3.05) is 21.3 Å². The number of hydrogen-bond acceptors (Lipinski definition) is 4. The Hall–Kier alpha value is -5.24. The summed E-state index contributed by atoms with van der Waals surface area (Å²) in [5.74, 6) is -4.25. The average Bonchev–Trinajstić information content (AvgIpc) is 3.14. The fraction of sp³-hybridized carbons (Fsp3) is 0.417. The van der Waals surface area contributed by atoms with E-state index in [0.29, 0.717) is 22.7 Å². The van der Waals surface area contributed by atoms with Crippen LogP contribution in [0.1, 0.15) is 111 Å². The number of nitrogens with one attached hydrogen (secondary N) is 4. The number of anilines is 4. The van der Waals surface area contributed by atoms with Gasteiger partial charge < -0.3 is 21.3 Å². The summed E-state index contributed by atoms with van der Waals surface area (Å²) in [7, 11) is 0. The minimum Gasteiger partial charge on any atom is -0.326 e. The molecule has 8 heteroatoms. The first-order valence-electron chi connectivity index (χ1n) is 20.4. The molecule has 0 radical (unpaired) electrons. The summed E-state index contributed by atoms with van der Waals surface area (Å²) in [6.07, 6.45) is 7.03. The number of rotatable bonds is 19. The van der Waals surface area contributed by atoms with E-state index in [4.69, 9.17) is 0 Å². The molecule has 4 aromatic rings. The van der Waals surface area contributed by atoms with Crippen molar-refractivity contribution < 1.29 is 19.2 Å². The first-order chi connectivity index (χ1) is 26.8. The molecule has 298 valence electrons. The number of carbonyl (C=O) groups excluding carboxylic acids is 4. The molecule has 0 saturated carbocycles. The molecule has 4 amide bonds. The molecule has 0 aliphatic heterocycles. The maximum Gasteiger partial charge on any atom is 0.228 e. The zero-order chi connectivity index (χ0) is 40.8. The number of benzene rings is 4. The zero-order valence-corrected chi connectivity index (χ0v) is 34.8. The normalized spacial score (nSPS) is 12.1. The molecule has 4 aromatic carbocycles. The molecule has 0 fully saturated rings. The molecule has 2 unspecified atom stereocenters. The van der Waals surface area contributed by atoms with Gasteiger partial charge in [-0.05, 0) is 122 Å². The second kappa shape index (κ2) is 21.2. The van der Waals surface area contributed by atoms with E-state index in [2.05, 4.69) is 61.1 Å². The highest BCUT2D eigenvalue weighted by Crippen LogP contribution is 2.29. The number of hydrogen-bond donors (Lipinski definition) is 4. The second-order valence-electron chi connectivity index (χ2n) is 15.3. The van der Waals surface area contributed by atoms with Crippen molar-refractivity contribution in [2.45, 2.75) is 120 Å². The summed E-state index contributed by atoms with van der Waals surface area (Å²) < 4.78 is 0. The third-order valence-electron chi connectivity index (χ3n) is 10.4. The molecule has 0 aliphatic rings. The first kappa shape index (κ1) is 43.5. The molecule has 0 aromatic heterocycles. The van der Waals surface area contributed by atoms with E-state index in [1.54, 1.807) is 0 Å². The van der Waals surface area contributed by atoms with E-state index in [0.717, 1.165) is 84.7 Å². The molecule has 2 atom stereocenters. The van der Waals surface area contributed by atoms with Crippen LogP contribution in [-0.4, -0.2) is 23.6 Å². The molecule has 0 heterocycles. The van der Waals surface area contributed by atoms with Crippen molar-refractivity contribution in [2.24, 2.45) is 11.8 Å². The molecule has 0 bridgehead atoms. The predicted molar refractivity (Wildman–Crippen MR) is 231 cm³/mol. The second-order valence-corrected chi connectivity index (χ2v) is 15.3. The Bertz CT molecular complexity index is 1860. The lowest BCUT2D eigenvalue weighted by Gasteiger charge is -2.26. The first-order valence-corrected chi connectivity index (χ1v) is 20.4. The number of amides is 4. The van der Waals surface area contributed by atoms with Gasteiger partial charge >= 0.3 is 0 Å². The molecule has 56 heavy (non-hydrogen) atoms. The topological polar surface area (TPSA) is 116 Å². The van der Waals surface area contributed by atoms with Crippen LogP contribution in [0.3, 0.4) is 0 Å². The summed E-state index contributed by atoms with van der Waals surface area (Å²) in [4.78, 5) is 56.9. The Morgan fingerprint density at radius 2 is 0.661 bits per heavy atom. The SMILES string of the molecule is CCCc1ccc(NC(=O)CC(C(=O)Nc2ccc(CCC)cc2C)C(CC(=O)Nc2ccc(CCC)cc2C)C(=O)Nc2ccc(CCC)cc2C)c(C)c1. The summed E-state index contributed by atoms with van der Waals surface area (Å²) in [5, 5.41) is 12.1. The van der Waals surface area contributed by atoms with E-state index in [1.807, 2.05) is 88.4 Å². The zero-order valence-electron chi connectivity index (χ0n) is 34.8. The standard InChI is InChI=1S/C48H62N4O4/c1-9-13-35-17-21-41(31(5)25-35)49-45(53)29-39(47(55)51-43-23-19-37(15-11-3)27-33(43)7)40(48(56)52-44-24-20-38(16-12-4)28-34(44)8)30-46(54)50-42-22-18-36(14-10-2)26-32(42)6/h17-28,39-40H,9-16,29-30H2,1-8H3,(H,49,53)(H,50,54)(H,51,55)(H,52,56). The van der Waals surface area contributed by atoms with Crippen LogP contribution >= 0.6 is 0 Å². The Balaban J connectivity index is 1.72. The van der Waals surface area contributed by atoms with Gasteiger partial charge in [0.05, 0.1) is 11.8 Å². The summed E-state index contributed by atoms with van der Waals surface area (Å²) in [5.41, 5.74) is 10.7. The molecule has 8 nitrogen and oxygen atoms in total. The van der Waals surface area contributed by atoms with Gasteiger partial charge in [0.1, 0.15) is 0 Å². The van der Waals surface area contributed by atoms with Gasteiger partial charge in [0.2, 0.25) is 23.6 Å². The summed E-state index contributed by atoms with van der Waals surface area (Å²) >= 11 is 0. The van der Waals surface area contributed by atoms with Crippen molar-refractivity contribution in [1.82, 2.24) is 0 Å². The van der Waals surface area contributed by atoms with Crippen LogP contribution in [-0.2, 0) is 44.9 Å². The van der Waals surface area contributed by atoms with Crippen LogP contribution in [0.25, 0.3) is 0 Å². The molecule has 4 rings (SSSR count). The molecule has 0 saturated heterocycles. The quantitative estimate of drug-likeness (QED) is 0.0762. The van der Waals surface area contributed by atoms with Crippen molar-refractivity contribution >= 4 is 46.4 Å². The molecular formula is C48H62N4O4. The van der Waals surface area contributed by atoms with E-state index in [9.17, 15) is 19.2 Å². The van der Waals surface area contributed by atoms with Crippen molar-refractivity contribution in [3.05, 3.63) is 117 Å². The largest absolute Gasteiger partial charge is 0.326 e. The van der Waals surface area contributed by atoms with Crippen molar-refractivity contribution in [1.29, 1.82) is 0 Å². The maximum atomic E-state index is 14.5. The fourth-order valence-corrected chi connectivity index (χ4v) is 7.33. The molecule has 0 aliphatic carbocycles.